The number of halogens is 2. The summed E-state index contributed by atoms with van der Waals surface area (Å²) in [6.45, 7) is -0.478. The average molecular weight is 330 g/mol. The molecule has 0 fully saturated rings. The second-order valence-electron chi connectivity index (χ2n) is 5.81. The number of benzene rings is 2. The molecule has 0 aliphatic heterocycles. The molecule has 0 unspecified atom stereocenters. The Morgan fingerprint density at radius 3 is 2.46 bits per heavy atom. The zero-order valence-corrected chi connectivity index (χ0v) is 13.0. The summed E-state index contributed by atoms with van der Waals surface area (Å²) in [5.41, 5.74) is 2.49. The van der Waals surface area contributed by atoms with E-state index in [1.165, 1.54) is 5.56 Å². The van der Waals surface area contributed by atoms with Crippen molar-refractivity contribution in [2.75, 3.05) is 6.61 Å². The van der Waals surface area contributed by atoms with Gasteiger partial charge >= 0.3 is 5.97 Å². The van der Waals surface area contributed by atoms with E-state index in [4.69, 9.17) is 4.74 Å². The van der Waals surface area contributed by atoms with Gasteiger partial charge in [0.05, 0.1) is 5.56 Å². The lowest BCUT2D eigenvalue weighted by molar-refractivity contribution is 0.0470. The zero-order chi connectivity index (χ0) is 17.1. The van der Waals surface area contributed by atoms with Gasteiger partial charge in [-0.3, -0.25) is 4.79 Å². The predicted octanol–water partition coefficient (Wildman–Crippen LogP) is 3.88. The molecule has 0 saturated carbocycles. The molecule has 5 heteroatoms. The summed E-state index contributed by atoms with van der Waals surface area (Å²) in [5.74, 6) is -3.13. The normalized spacial score (nSPS) is 13.2. The maximum Gasteiger partial charge on any atom is 0.341 e. The first-order valence-electron chi connectivity index (χ1n) is 7.82. The molecule has 0 N–H and O–H groups in total. The van der Waals surface area contributed by atoms with Crippen LogP contribution in [0.4, 0.5) is 8.78 Å². The van der Waals surface area contributed by atoms with Crippen LogP contribution in [-0.4, -0.2) is 18.4 Å². The molecule has 0 heterocycles. The van der Waals surface area contributed by atoms with Crippen molar-refractivity contribution in [3.05, 3.63) is 70.3 Å². The van der Waals surface area contributed by atoms with E-state index in [0.717, 1.165) is 43.4 Å². The lowest BCUT2D eigenvalue weighted by atomic mass is 9.90. The summed E-state index contributed by atoms with van der Waals surface area (Å²) in [4.78, 5) is 24.0. The van der Waals surface area contributed by atoms with E-state index in [1.807, 2.05) is 12.1 Å². The van der Waals surface area contributed by atoms with Crippen LogP contribution in [-0.2, 0) is 17.6 Å². The van der Waals surface area contributed by atoms with Crippen LogP contribution in [0.2, 0.25) is 0 Å². The Morgan fingerprint density at radius 1 is 0.958 bits per heavy atom. The highest BCUT2D eigenvalue weighted by Gasteiger charge is 2.17. The number of Topliss-reactive ketones (excluding diaryl/α,β-unsaturated/α-hetero) is 1. The lowest BCUT2D eigenvalue weighted by Gasteiger charge is -2.16. The lowest BCUT2D eigenvalue weighted by Crippen LogP contribution is -2.16. The number of carbonyl (C=O) groups is 2. The van der Waals surface area contributed by atoms with Gasteiger partial charge in [0, 0.05) is 11.6 Å². The maximum absolute atomic E-state index is 13.5. The van der Waals surface area contributed by atoms with Crippen molar-refractivity contribution in [3.63, 3.8) is 0 Å². The number of esters is 1. The van der Waals surface area contributed by atoms with Crippen molar-refractivity contribution in [1.29, 1.82) is 0 Å². The third kappa shape index (κ3) is 3.50. The molecule has 0 bridgehead atoms. The number of aryl methyl sites for hydroxylation is 2. The maximum atomic E-state index is 13.5. The van der Waals surface area contributed by atoms with Crippen molar-refractivity contribution in [2.24, 2.45) is 0 Å². The van der Waals surface area contributed by atoms with Gasteiger partial charge in [-0.2, -0.15) is 0 Å². The summed E-state index contributed by atoms with van der Waals surface area (Å²) in [7, 11) is 0. The van der Waals surface area contributed by atoms with Crippen molar-refractivity contribution in [3.8, 4) is 0 Å². The van der Waals surface area contributed by atoms with E-state index >= 15 is 0 Å². The minimum atomic E-state index is -1.01. The van der Waals surface area contributed by atoms with Gasteiger partial charge in [-0.25, -0.2) is 13.6 Å². The monoisotopic (exact) mass is 330 g/mol. The number of hydrogen-bond acceptors (Lipinski definition) is 3. The van der Waals surface area contributed by atoms with Crippen LogP contribution in [0, 0.1) is 11.6 Å². The summed E-state index contributed by atoms with van der Waals surface area (Å²) >= 11 is 0. The average Bonchev–Trinajstić information content (AvgIpc) is 2.59. The summed E-state index contributed by atoms with van der Waals surface area (Å²) in [6.07, 6.45) is 4.21. The van der Waals surface area contributed by atoms with Crippen molar-refractivity contribution in [2.45, 2.75) is 25.7 Å². The molecule has 2 aromatic rings. The smallest absolute Gasteiger partial charge is 0.341 e. The van der Waals surface area contributed by atoms with Crippen LogP contribution < -0.4 is 0 Å². The molecule has 3 nitrogen and oxygen atoms in total. The molecule has 1 aliphatic rings. The van der Waals surface area contributed by atoms with E-state index in [-0.39, 0.29) is 5.78 Å². The largest absolute Gasteiger partial charge is 0.454 e. The number of ether oxygens (including phenoxy) is 1. The number of rotatable bonds is 4. The quantitative estimate of drug-likeness (QED) is 0.631. The standard InChI is InChI=1S/C19H16F2O3/c20-15-7-8-16(17(21)10-15)19(23)24-11-18(22)14-6-5-12-3-1-2-4-13(12)9-14/h5-10H,1-4,11H2. The fraction of sp³-hybridized carbons (Fsp3) is 0.263. The van der Waals surface area contributed by atoms with Gasteiger partial charge in [0.15, 0.2) is 12.4 Å². The Morgan fingerprint density at radius 2 is 1.71 bits per heavy atom. The van der Waals surface area contributed by atoms with Crippen molar-refractivity contribution < 1.29 is 23.1 Å². The first-order valence-corrected chi connectivity index (χ1v) is 7.82. The molecule has 24 heavy (non-hydrogen) atoms. The molecule has 0 atom stereocenters. The predicted molar refractivity (Wildman–Crippen MR) is 84.1 cm³/mol. The summed E-state index contributed by atoms with van der Waals surface area (Å²) in [6, 6.07) is 8.05. The van der Waals surface area contributed by atoms with Gasteiger partial charge in [0.1, 0.15) is 11.6 Å². The fourth-order valence-electron chi connectivity index (χ4n) is 2.85. The van der Waals surface area contributed by atoms with E-state index < -0.39 is 29.8 Å². The summed E-state index contributed by atoms with van der Waals surface area (Å²) < 4.78 is 31.2. The Balaban J connectivity index is 1.66. The minimum Gasteiger partial charge on any atom is -0.454 e. The molecule has 0 radical (unpaired) electrons. The van der Waals surface area contributed by atoms with Crippen LogP contribution in [0.5, 0.6) is 0 Å². The van der Waals surface area contributed by atoms with E-state index in [0.29, 0.717) is 11.6 Å². The molecule has 124 valence electrons. The molecule has 0 saturated heterocycles. The fourth-order valence-corrected chi connectivity index (χ4v) is 2.85. The minimum absolute atomic E-state index is 0.348. The van der Waals surface area contributed by atoms with Crippen LogP contribution >= 0.6 is 0 Å². The molecular formula is C19H16F2O3. The van der Waals surface area contributed by atoms with E-state index in [9.17, 15) is 18.4 Å². The molecule has 0 aromatic heterocycles. The molecule has 3 rings (SSSR count). The molecule has 0 spiro atoms. The van der Waals surface area contributed by atoms with Gasteiger partial charge in [-0.05, 0) is 55.0 Å². The molecule has 0 amide bonds. The van der Waals surface area contributed by atoms with Gasteiger partial charge in [-0.15, -0.1) is 0 Å². The Kier molecular flexibility index (Phi) is 4.69. The third-order valence-corrected chi connectivity index (χ3v) is 4.16. The third-order valence-electron chi connectivity index (χ3n) is 4.16. The Hall–Kier alpha value is -2.56. The second-order valence-corrected chi connectivity index (χ2v) is 5.81. The van der Waals surface area contributed by atoms with Gasteiger partial charge in [-0.1, -0.05) is 12.1 Å². The number of carbonyl (C=O) groups excluding carboxylic acids is 2. The van der Waals surface area contributed by atoms with Crippen molar-refractivity contribution in [1.82, 2.24) is 0 Å². The first-order chi connectivity index (χ1) is 11.5. The topological polar surface area (TPSA) is 43.4 Å². The number of hydrogen-bond donors (Lipinski definition) is 0. The van der Waals surface area contributed by atoms with Gasteiger partial charge in [0.2, 0.25) is 0 Å². The summed E-state index contributed by atoms with van der Waals surface area (Å²) in [5, 5.41) is 0. The van der Waals surface area contributed by atoms with Crippen LogP contribution in [0.15, 0.2) is 36.4 Å². The van der Waals surface area contributed by atoms with Crippen LogP contribution in [0.1, 0.15) is 44.7 Å². The van der Waals surface area contributed by atoms with Gasteiger partial charge < -0.3 is 4.74 Å². The highest BCUT2D eigenvalue weighted by atomic mass is 19.1. The SMILES string of the molecule is O=C(COC(=O)c1ccc(F)cc1F)c1ccc2c(c1)CCCC2. The highest BCUT2D eigenvalue weighted by Crippen LogP contribution is 2.22. The van der Waals surface area contributed by atoms with Crippen LogP contribution in [0.25, 0.3) is 0 Å². The zero-order valence-electron chi connectivity index (χ0n) is 13.0. The van der Waals surface area contributed by atoms with E-state index in [1.54, 1.807) is 6.07 Å². The van der Waals surface area contributed by atoms with Crippen molar-refractivity contribution >= 4 is 11.8 Å². The van der Waals surface area contributed by atoms with Crippen LogP contribution in [0.3, 0.4) is 0 Å². The molecular weight excluding hydrogens is 314 g/mol. The Bertz CT molecular complexity index is 799. The first kappa shape index (κ1) is 16.3. The van der Waals surface area contributed by atoms with Gasteiger partial charge in [0.25, 0.3) is 0 Å². The van der Waals surface area contributed by atoms with E-state index in [2.05, 4.69) is 0 Å². The number of ketones is 1. The number of fused-ring (bicyclic) bond motifs is 1. The Labute approximate surface area is 138 Å². The molecule has 1 aliphatic carbocycles. The molecule has 2 aromatic carbocycles. The highest BCUT2D eigenvalue weighted by molar-refractivity contribution is 5.99. The second kappa shape index (κ2) is 6.91.